The van der Waals surface area contributed by atoms with E-state index in [1.807, 2.05) is 32.2 Å². The number of aryl methyl sites for hydroxylation is 2. The Morgan fingerprint density at radius 3 is 2.78 bits per heavy atom. The second-order valence-electron chi connectivity index (χ2n) is 4.34. The molecular formula is C13H17ClN4. The predicted molar refractivity (Wildman–Crippen MR) is 72.4 cm³/mol. The van der Waals surface area contributed by atoms with Gasteiger partial charge in [0.2, 0.25) is 0 Å². The predicted octanol–water partition coefficient (Wildman–Crippen LogP) is 2.63. The van der Waals surface area contributed by atoms with Crippen molar-refractivity contribution in [2.75, 3.05) is 0 Å². The number of aromatic nitrogens is 3. The molecule has 0 unspecified atom stereocenters. The van der Waals surface area contributed by atoms with Crippen LogP contribution < -0.4 is 5.32 Å². The molecule has 0 aliphatic heterocycles. The molecule has 4 nitrogen and oxygen atoms in total. The molecule has 0 amide bonds. The van der Waals surface area contributed by atoms with E-state index in [0.29, 0.717) is 11.7 Å². The van der Waals surface area contributed by atoms with Gasteiger partial charge < -0.3 is 5.32 Å². The van der Waals surface area contributed by atoms with Gasteiger partial charge in [-0.3, -0.25) is 9.67 Å². The van der Waals surface area contributed by atoms with Gasteiger partial charge >= 0.3 is 0 Å². The van der Waals surface area contributed by atoms with Gasteiger partial charge in [0.15, 0.2) is 0 Å². The molecule has 18 heavy (non-hydrogen) atoms. The highest BCUT2D eigenvalue weighted by atomic mass is 35.5. The van der Waals surface area contributed by atoms with Crippen LogP contribution >= 0.6 is 11.6 Å². The monoisotopic (exact) mass is 264 g/mol. The third-order valence-corrected chi connectivity index (χ3v) is 3.46. The third kappa shape index (κ3) is 2.71. The molecule has 0 saturated carbocycles. The van der Waals surface area contributed by atoms with Crippen molar-refractivity contribution in [3.63, 3.8) is 0 Å². The minimum atomic E-state index is 0.182. The second kappa shape index (κ2) is 5.50. The lowest BCUT2D eigenvalue weighted by molar-refractivity contribution is 0.560. The zero-order chi connectivity index (χ0) is 13.1. The van der Waals surface area contributed by atoms with Crippen LogP contribution in [0.3, 0.4) is 0 Å². The number of rotatable bonds is 4. The number of nitrogens with zero attached hydrogens (tertiary/aromatic N) is 3. The lowest BCUT2D eigenvalue weighted by Gasteiger charge is -2.13. The van der Waals surface area contributed by atoms with Crippen LogP contribution in [-0.2, 0) is 13.6 Å². The topological polar surface area (TPSA) is 42.7 Å². The molecule has 0 spiro atoms. The molecule has 0 fully saturated rings. The summed E-state index contributed by atoms with van der Waals surface area (Å²) in [5.41, 5.74) is 3.03. The highest BCUT2D eigenvalue weighted by molar-refractivity contribution is 6.30. The molecule has 5 heteroatoms. The van der Waals surface area contributed by atoms with Crippen molar-refractivity contribution in [3.8, 4) is 0 Å². The van der Waals surface area contributed by atoms with Crippen molar-refractivity contribution in [1.29, 1.82) is 0 Å². The molecule has 1 N–H and O–H groups in total. The van der Waals surface area contributed by atoms with Crippen LogP contribution in [0.15, 0.2) is 24.4 Å². The summed E-state index contributed by atoms with van der Waals surface area (Å²) in [6.07, 6.45) is 1.80. The maximum absolute atomic E-state index is 6.19. The van der Waals surface area contributed by atoms with E-state index in [-0.39, 0.29) is 6.04 Å². The highest BCUT2D eigenvalue weighted by Crippen LogP contribution is 2.19. The van der Waals surface area contributed by atoms with Gasteiger partial charge in [0.05, 0.1) is 11.4 Å². The first kappa shape index (κ1) is 13.1. The van der Waals surface area contributed by atoms with Crippen LogP contribution in [0.25, 0.3) is 0 Å². The largest absolute Gasteiger partial charge is 0.305 e. The number of hydrogen-bond donors (Lipinski definition) is 1. The summed E-state index contributed by atoms with van der Waals surface area (Å²) in [5, 5.41) is 8.39. The molecule has 0 bridgehead atoms. The van der Waals surface area contributed by atoms with Crippen molar-refractivity contribution in [3.05, 3.63) is 46.5 Å². The zero-order valence-corrected chi connectivity index (χ0v) is 11.6. The standard InChI is InChI=1S/C13H17ClN4/c1-9-11(13(14)18(3)17-9)8-16-10(2)12-6-4-5-7-15-12/h4-7,10,16H,8H2,1-3H3/t10-/m0/s1. The van der Waals surface area contributed by atoms with Crippen LogP contribution in [0.5, 0.6) is 0 Å². The molecule has 0 aromatic carbocycles. The summed E-state index contributed by atoms with van der Waals surface area (Å²) in [6, 6.07) is 6.10. The first-order valence-corrected chi connectivity index (χ1v) is 6.29. The highest BCUT2D eigenvalue weighted by Gasteiger charge is 2.12. The number of hydrogen-bond acceptors (Lipinski definition) is 3. The van der Waals surface area contributed by atoms with Gasteiger partial charge in [-0.25, -0.2) is 0 Å². The number of pyridine rings is 1. The summed E-state index contributed by atoms with van der Waals surface area (Å²) in [7, 11) is 1.85. The van der Waals surface area contributed by atoms with E-state index in [2.05, 4.69) is 22.3 Å². The first-order valence-electron chi connectivity index (χ1n) is 5.92. The average molecular weight is 265 g/mol. The fraction of sp³-hybridized carbons (Fsp3) is 0.385. The van der Waals surface area contributed by atoms with E-state index >= 15 is 0 Å². The first-order chi connectivity index (χ1) is 8.59. The molecule has 0 radical (unpaired) electrons. The van der Waals surface area contributed by atoms with Gasteiger partial charge in [-0.15, -0.1) is 0 Å². The van der Waals surface area contributed by atoms with Crippen LogP contribution in [0.1, 0.15) is 29.9 Å². The molecule has 2 rings (SSSR count). The van der Waals surface area contributed by atoms with Crippen LogP contribution in [0, 0.1) is 6.92 Å². The number of halogens is 1. The zero-order valence-electron chi connectivity index (χ0n) is 10.8. The van der Waals surface area contributed by atoms with Gasteiger partial charge in [-0.05, 0) is 26.0 Å². The van der Waals surface area contributed by atoms with Crippen LogP contribution in [0.4, 0.5) is 0 Å². The van der Waals surface area contributed by atoms with E-state index in [9.17, 15) is 0 Å². The van der Waals surface area contributed by atoms with E-state index in [1.54, 1.807) is 10.9 Å². The Kier molecular flexibility index (Phi) is 3.99. The molecular weight excluding hydrogens is 248 g/mol. The molecule has 96 valence electrons. The van der Waals surface area contributed by atoms with Crippen molar-refractivity contribution in [2.24, 2.45) is 7.05 Å². The van der Waals surface area contributed by atoms with Crippen molar-refractivity contribution < 1.29 is 0 Å². The van der Waals surface area contributed by atoms with E-state index in [4.69, 9.17) is 11.6 Å². The van der Waals surface area contributed by atoms with Crippen LogP contribution in [0.2, 0.25) is 5.15 Å². The van der Waals surface area contributed by atoms with Gasteiger partial charge in [0, 0.05) is 31.4 Å². The molecule has 2 aromatic heterocycles. The van der Waals surface area contributed by atoms with E-state index in [0.717, 1.165) is 17.0 Å². The normalized spacial score (nSPS) is 12.7. The lowest BCUT2D eigenvalue weighted by Crippen LogP contribution is -2.19. The Balaban J connectivity index is 2.04. The molecule has 0 aliphatic rings. The van der Waals surface area contributed by atoms with Gasteiger partial charge in [-0.2, -0.15) is 5.10 Å². The van der Waals surface area contributed by atoms with Gasteiger partial charge in [0.1, 0.15) is 5.15 Å². The second-order valence-corrected chi connectivity index (χ2v) is 4.69. The smallest absolute Gasteiger partial charge is 0.131 e. The van der Waals surface area contributed by atoms with Gasteiger partial charge in [0.25, 0.3) is 0 Å². The molecule has 1 atom stereocenters. The lowest BCUT2D eigenvalue weighted by atomic mass is 10.2. The van der Waals surface area contributed by atoms with E-state index in [1.165, 1.54) is 0 Å². The summed E-state index contributed by atoms with van der Waals surface area (Å²) >= 11 is 6.19. The Morgan fingerprint density at radius 1 is 1.44 bits per heavy atom. The summed E-state index contributed by atoms with van der Waals surface area (Å²) in [5.74, 6) is 0. The minimum Gasteiger partial charge on any atom is -0.305 e. The average Bonchev–Trinajstić information content (AvgIpc) is 2.62. The Bertz CT molecular complexity index is 521. The quantitative estimate of drug-likeness (QED) is 0.923. The van der Waals surface area contributed by atoms with Crippen molar-refractivity contribution >= 4 is 11.6 Å². The minimum absolute atomic E-state index is 0.182. The molecule has 2 heterocycles. The molecule has 2 aromatic rings. The summed E-state index contributed by atoms with van der Waals surface area (Å²) < 4.78 is 1.69. The van der Waals surface area contributed by atoms with Crippen molar-refractivity contribution in [2.45, 2.75) is 26.4 Å². The summed E-state index contributed by atoms with van der Waals surface area (Å²) in [6.45, 7) is 4.74. The maximum Gasteiger partial charge on any atom is 0.131 e. The summed E-state index contributed by atoms with van der Waals surface area (Å²) in [4.78, 5) is 4.32. The fourth-order valence-corrected chi connectivity index (χ4v) is 2.11. The Morgan fingerprint density at radius 2 is 2.22 bits per heavy atom. The number of nitrogens with one attached hydrogen (secondary N) is 1. The van der Waals surface area contributed by atoms with Crippen molar-refractivity contribution in [1.82, 2.24) is 20.1 Å². The molecule has 0 saturated heterocycles. The van der Waals surface area contributed by atoms with Gasteiger partial charge in [-0.1, -0.05) is 17.7 Å². The maximum atomic E-state index is 6.19. The fourth-order valence-electron chi connectivity index (χ4n) is 1.87. The Hall–Kier alpha value is -1.39. The Labute approximate surface area is 112 Å². The third-order valence-electron chi connectivity index (χ3n) is 2.99. The van der Waals surface area contributed by atoms with E-state index < -0.39 is 0 Å². The molecule has 0 aliphatic carbocycles. The van der Waals surface area contributed by atoms with Crippen LogP contribution in [-0.4, -0.2) is 14.8 Å². The SMILES string of the molecule is Cc1nn(C)c(Cl)c1CN[C@@H](C)c1ccccn1.